The minimum Gasteiger partial charge on any atom is -0.483 e. The summed E-state index contributed by atoms with van der Waals surface area (Å²) in [5.41, 5.74) is 0.742. The summed E-state index contributed by atoms with van der Waals surface area (Å²) in [6.07, 6.45) is 0.0622. The van der Waals surface area contributed by atoms with Crippen LogP contribution in [0.3, 0.4) is 0 Å². The molecule has 0 radical (unpaired) electrons. The van der Waals surface area contributed by atoms with Crippen LogP contribution in [0.15, 0.2) is 24.3 Å². The SMILES string of the molecule is CC[C@H](O)c1ccccc1OCC(=O)N1CCN(C)CC1. The summed E-state index contributed by atoms with van der Waals surface area (Å²) in [6.45, 7) is 5.23. The van der Waals surface area contributed by atoms with E-state index in [4.69, 9.17) is 4.74 Å². The van der Waals surface area contributed by atoms with Crippen LogP contribution in [0.4, 0.5) is 0 Å². The maximum Gasteiger partial charge on any atom is 0.260 e. The van der Waals surface area contributed by atoms with E-state index in [1.165, 1.54) is 0 Å². The maximum absolute atomic E-state index is 12.1. The molecule has 1 N–H and O–H groups in total. The van der Waals surface area contributed by atoms with Crippen LogP contribution in [0, 0.1) is 0 Å². The van der Waals surface area contributed by atoms with E-state index in [1.54, 1.807) is 6.07 Å². The molecule has 0 saturated carbocycles. The molecular weight excluding hydrogens is 268 g/mol. The normalized spacial score (nSPS) is 17.6. The second-order valence-electron chi connectivity index (χ2n) is 5.43. The van der Waals surface area contributed by atoms with Crippen molar-refractivity contribution >= 4 is 5.91 Å². The summed E-state index contributed by atoms with van der Waals surface area (Å²) in [5, 5.41) is 9.97. The van der Waals surface area contributed by atoms with Crippen LogP contribution in [0.25, 0.3) is 0 Å². The van der Waals surface area contributed by atoms with E-state index in [2.05, 4.69) is 11.9 Å². The standard InChI is InChI=1S/C16H24N2O3/c1-3-14(19)13-6-4-5-7-15(13)21-12-16(20)18-10-8-17(2)9-11-18/h4-7,14,19H,3,8-12H2,1-2H3/t14-/m0/s1. The Balaban J connectivity index is 1.92. The number of likely N-dealkylation sites (N-methyl/N-ethyl adjacent to an activating group) is 1. The van der Waals surface area contributed by atoms with Crippen molar-refractivity contribution in [1.82, 2.24) is 9.80 Å². The Kier molecular flexibility index (Phi) is 5.59. The number of carbonyl (C=O) groups excluding carboxylic acids is 1. The topological polar surface area (TPSA) is 53.0 Å². The summed E-state index contributed by atoms with van der Waals surface area (Å²) in [5.74, 6) is 0.596. The van der Waals surface area contributed by atoms with Gasteiger partial charge in [0.15, 0.2) is 6.61 Å². The Morgan fingerprint density at radius 3 is 2.62 bits per heavy atom. The van der Waals surface area contributed by atoms with E-state index in [-0.39, 0.29) is 12.5 Å². The molecule has 1 aliphatic heterocycles. The summed E-state index contributed by atoms with van der Waals surface area (Å²) in [7, 11) is 2.06. The number of piperazine rings is 1. The Morgan fingerprint density at radius 2 is 1.95 bits per heavy atom. The molecule has 116 valence electrons. The van der Waals surface area contributed by atoms with Gasteiger partial charge >= 0.3 is 0 Å². The third-order valence-electron chi connectivity index (χ3n) is 3.87. The zero-order chi connectivity index (χ0) is 15.2. The molecule has 1 aliphatic rings. The summed E-state index contributed by atoms with van der Waals surface area (Å²) in [6, 6.07) is 7.35. The third kappa shape index (κ3) is 4.19. The Labute approximate surface area is 126 Å². The molecule has 5 heteroatoms. The molecule has 0 spiro atoms. The van der Waals surface area contributed by atoms with Gasteiger partial charge in [0, 0.05) is 31.7 Å². The number of carbonyl (C=O) groups is 1. The second-order valence-corrected chi connectivity index (χ2v) is 5.43. The number of hydrogen-bond acceptors (Lipinski definition) is 4. The lowest BCUT2D eigenvalue weighted by Crippen LogP contribution is -2.48. The zero-order valence-corrected chi connectivity index (χ0v) is 12.8. The highest BCUT2D eigenvalue weighted by atomic mass is 16.5. The van der Waals surface area contributed by atoms with Gasteiger partial charge in [-0.1, -0.05) is 25.1 Å². The van der Waals surface area contributed by atoms with Crippen molar-refractivity contribution in [3.63, 3.8) is 0 Å². The van der Waals surface area contributed by atoms with Crippen LogP contribution in [-0.2, 0) is 4.79 Å². The average Bonchev–Trinajstić information content (AvgIpc) is 2.52. The molecule has 0 aliphatic carbocycles. The smallest absolute Gasteiger partial charge is 0.260 e. The van der Waals surface area contributed by atoms with Gasteiger partial charge in [-0.3, -0.25) is 4.79 Å². The molecule has 1 saturated heterocycles. The number of amides is 1. The van der Waals surface area contributed by atoms with Gasteiger partial charge in [-0.25, -0.2) is 0 Å². The monoisotopic (exact) mass is 292 g/mol. The van der Waals surface area contributed by atoms with Crippen molar-refractivity contribution in [2.24, 2.45) is 0 Å². The van der Waals surface area contributed by atoms with E-state index in [0.29, 0.717) is 12.2 Å². The van der Waals surface area contributed by atoms with Gasteiger partial charge in [-0.15, -0.1) is 0 Å². The van der Waals surface area contributed by atoms with E-state index in [0.717, 1.165) is 31.7 Å². The van der Waals surface area contributed by atoms with Gasteiger partial charge in [0.05, 0.1) is 6.10 Å². The fourth-order valence-electron chi connectivity index (χ4n) is 2.39. The highest BCUT2D eigenvalue weighted by molar-refractivity contribution is 5.78. The quantitative estimate of drug-likeness (QED) is 0.888. The van der Waals surface area contributed by atoms with Crippen LogP contribution >= 0.6 is 0 Å². The first kappa shape index (κ1) is 15.8. The zero-order valence-electron chi connectivity index (χ0n) is 12.8. The largest absolute Gasteiger partial charge is 0.483 e. The van der Waals surface area contributed by atoms with Crippen molar-refractivity contribution in [2.45, 2.75) is 19.4 Å². The molecule has 5 nitrogen and oxygen atoms in total. The van der Waals surface area contributed by atoms with Gasteiger partial charge in [0.25, 0.3) is 5.91 Å². The van der Waals surface area contributed by atoms with E-state index in [9.17, 15) is 9.90 Å². The number of benzene rings is 1. The molecular formula is C16H24N2O3. The molecule has 0 aromatic heterocycles. The molecule has 0 bridgehead atoms. The molecule has 21 heavy (non-hydrogen) atoms. The average molecular weight is 292 g/mol. The lowest BCUT2D eigenvalue weighted by molar-refractivity contribution is -0.134. The number of hydrogen-bond donors (Lipinski definition) is 1. The third-order valence-corrected chi connectivity index (χ3v) is 3.87. The van der Waals surface area contributed by atoms with Crippen molar-refractivity contribution in [3.05, 3.63) is 29.8 Å². The number of para-hydroxylation sites is 1. The fourth-order valence-corrected chi connectivity index (χ4v) is 2.39. The van der Waals surface area contributed by atoms with E-state index >= 15 is 0 Å². The molecule has 2 rings (SSSR count). The molecule has 1 aromatic carbocycles. The highest BCUT2D eigenvalue weighted by Crippen LogP contribution is 2.26. The number of ether oxygens (including phenoxy) is 1. The van der Waals surface area contributed by atoms with Gasteiger partial charge in [-0.05, 0) is 19.5 Å². The van der Waals surface area contributed by atoms with Gasteiger partial charge in [0.2, 0.25) is 0 Å². The van der Waals surface area contributed by atoms with Crippen molar-refractivity contribution in [2.75, 3.05) is 39.8 Å². The number of rotatable bonds is 5. The Morgan fingerprint density at radius 1 is 1.29 bits per heavy atom. The molecule has 0 unspecified atom stereocenters. The Bertz CT molecular complexity index is 470. The van der Waals surface area contributed by atoms with Gasteiger partial charge < -0.3 is 19.6 Å². The van der Waals surface area contributed by atoms with E-state index in [1.807, 2.05) is 30.0 Å². The van der Waals surface area contributed by atoms with Crippen molar-refractivity contribution in [3.8, 4) is 5.75 Å². The lowest BCUT2D eigenvalue weighted by Gasteiger charge is -2.32. The van der Waals surface area contributed by atoms with Crippen molar-refractivity contribution in [1.29, 1.82) is 0 Å². The first-order chi connectivity index (χ1) is 10.1. The predicted molar refractivity (Wildman–Crippen MR) is 81.3 cm³/mol. The van der Waals surface area contributed by atoms with E-state index < -0.39 is 6.10 Å². The van der Waals surface area contributed by atoms with Crippen molar-refractivity contribution < 1.29 is 14.6 Å². The number of nitrogens with zero attached hydrogens (tertiary/aromatic N) is 2. The first-order valence-electron chi connectivity index (χ1n) is 7.48. The minimum absolute atomic E-state index is 0.00360. The van der Waals surface area contributed by atoms with Crippen LogP contribution in [0.1, 0.15) is 25.0 Å². The van der Waals surface area contributed by atoms with Crippen LogP contribution in [0.2, 0.25) is 0 Å². The fraction of sp³-hybridized carbons (Fsp3) is 0.562. The molecule has 1 atom stereocenters. The molecule has 1 fully saturated rings. The van der Waals surface area contributed by atoms with Crippen LogP contribution in [-0.4, -0.2) is 60.6 Å². The summed E-state index contributed by atoms with van der Waals surface area (Å²) in [4.78, 5) is 16.2. The number of aliphatic hydroxyl groups is 1. The molecule has 1 amide bonds. The highest BCUT2D eigenvalue weighted by Gasteiger charge is 2.20. The number of aliphatic hydroxyl groups excluding tert-OH is 1. The van der Waals surface area contributed by atoms with Crippen LogP contribution < -0.4 is 4.74 Å². The summed E-state index contributed by atoms with van der Waals surface area (Å²) < 4.78 is 5.64. The molecule has 1 aromatic rings. The van der Waals surface area contributed by atoms with Gasteiger partial charge in [0.1, 0.15) is 5.75 Å². The minimum atomic E-state index is -0.556. The Hall–Kier alpha value is -1.59. The first-order valence-corrected chi connectivity index (χ1v) is 7.48. The lowest BCUT2D eigenvalue weighted by atomic mass is 10.1. The summed E-state index contributed by atoms with van der Waals surface area (Å²) >= 11 is 0. The van der Waals surface area contributed by atoms with Crippen LogP contribution in [0.5, 0.6) is 5.75 Å². The molecule has 1 heterocycles. The maximum atomic E-state index is 12.1. The van der Waals surface area contributed by atoms with Gasteiger partial charge in [-0.2, -0.15) is 0 Å². The second kappa shape index (κ2) is 7.43. The predicted octanol–water partition coefficient (Wildman–Crippen LogP) is 1.28.